The summed E-state index contributed by atoms with van der Waals surface area (Å²) < 4.78 is 44.2. The second-order valence-corrected chi connectivity index (χ2v) is 3.48. The van der Waals surface area contributed by atoms with Gasteiger partial charge in [0.15, 0.2) is 23.3 Å². The number of benzene rings is 1. The maximum atomic E-state index is 13.5. The van der Waals surface area contributed by atoms with E-state index in [-0.39, 0.29) is 23.1 Å². The van der Waals surface area contributed by atoms with Gasteiger partial charge in [0, 0.05) is 0 Å². The Labute approximate surface area is 103 Å². The van der Waals surface area contributed by atoms with E-state index in [1.54, 1.807) is 0 Å². The normalized spacial score (nSPS) is 10.9. The Morgan fingerprint density at radius 2 is 1.95 bits per heavy atom. The number of nitrogens with one attached hydrogen (secondary N) is 1. The van der Waals surface area contributed by atoms with Gasteiger partial charge in [0.1, 0.15) is 6.33 Å². The van der Waals surface area contributed by atoms with Gasteiger partial charge in [-0.25, -0.2) is 18.2 Å². The number of H-pyrrole nitrogens is 1. The highest BCUT2D eigenvalue weighted by Gasteiger charge is 2.20. The first kappa shape index (κ1) is 11.4. The fourth-order valence-electron chi connectivity index (χ4n) is 1.43. The predicted molar refractivity (Wildman–Crippen MR) is 55.0 cm³/mol. The molecule has 0 aliphatic heterocycles. The van der Waals surface area contributed by atoms with E-state index in [0.717, 1.165) is 12.1 Å². The van der Waals surface area contributed by atoms with Crippen molar-refractivity contribution in [1.29, 1.82) is 0 Å². The lowest BCUT2D eigenvalue weighted by atomic mass is 10.2. The molecule has 3 aromatic rings. The van der Waals surface area contributed by atoms with Crippen LogP contribution in [-0.4, -0.2) is 25.3 Å². The molecule has 0 atom stereocenters. The summed E-state index contributed by atoms with van der Waals surface area (Å²) in [5.74, 6) is -4.35. The van der Waals surface area contributed by atoms with E-state index >= 15 is 0 Å². The van der Waals surface area contributed by atoms with Gasteiger partial charge >= 0.3 is 0 Å². The molecule has 9 heteroatoms. The topological polar surface area (TPSA) is 80.5 Å². The van der Waals surface area contributed by atoms with Crippen molar-refractivity contribution in [2.24, 2.45) is 0 Å². The molecule has 2 aromatic heterocycles. The molecule has 96 valence electrons. The number of aromatic nitrogens is 5. The summed E-state index contributed by atoms with van der Waals surface area (Å²) in [4.78, 5) is 7.58. The molecule has 2 heterocycles. The molecule has 0 saturated heterocycles. The molecule has 19 heavy (non-hydrogen) atoms. The molecule has 0 unspecified atom stereocenters. The van der Waals surface area contributed by atoms with Crippen LogP contribution in [0, 0.1) is 17.5 Å². The van der Waals surface area contributed by atoms with Crippen LogP contribution < -0.4 is 0 Å². The predicted octanol–water partition coefficient (Wildman–Crippen LogP) is 1.94. The first-order valence-corrected chi connectivity index (χ1v) is 5.00. The standard InChI is InChI=1S/C10H4F3N5O/c11-5-2-1-4(6(12)7(5)13)10-16-9(18-19-10)8-14-3-15-17-8/h1-3H,(H,14,15,17). The molecule has 0 spiro atoms. The average molecular weight is 267 g/mol. The molecule has 6 nitrogen and oxygen atoms in total. The molecule has 0 radical (unpaired) electrons. The fraction of sp³-hybridized carbons (Fsp3) is 0. The van der Waals surface area contributed by atoms with Crippen molar-refractivity contribution in [2.45, 2.75) is 0 Å². The van der Waals surface area contributed by atoms with E-state index < -0.39 is 17.5 Å². The number of nitrogens with zero attached hydrogens (tertiary/aromatic N) is 4. The maximum absolute atomic E-state index is 13.5. The molecule has 0 saturated carbocycles. The average Bonchev–Trinajstić information content (AvgIpc) is 3.06. The Morgan fingerprint density at radius 1 is 1.11 bits per heavy atom. The van der Waals surface area contributed by atoms with E-state index in [9.17, 15) is 13.2 Å². The van der Waals surface area contributed by atoms with E-state index in [0.29, 0.717) is 0 Å². The molecular formula is C10H4F3N5O. The number of rotatable bonds is 2. The van der Waals surface area contributed by atoms with Gasteiger partial charge < -0.3 is 4.52 Å². The molecule has 0 aliphatic rings. The Morgan fingerprint density at radius 3 is 2.68 bits per heavy atom. The summed E-state index contributed by atoms with van der Waals surface area (Å²) in [5.41, 5.74) is -0.336. The van der Waals surface area contributed by atoms with Gasteiger partial charge in [-0.3, -0.25) is 5.10 Å². The summed E-state index contributed by atoms with van der Waals surface area (Å²) in [6, 6.07) is 1.78. The van der Waals surface area contributed by atoms with Crippen molar-refractivity contribution >= 4 is 0 Å². The summed E-state index contributed by atoms with van der Waals surface area (Å²) >= 11 is 0. The summed E-state index contributed by atoms with van der Waals surface area (Å²) in [6.07, 6.45) is 1.23. The third-order valence-corrected chi connectivity index (χ3v) is 2.32. The van der Waals surface area contributed by atoms with Crippen LogP contribution >= 0.6 is 0 Å². The van der Waals surface area contributed by atoms with Gasteiger partial charge in [-0.1, -0.05) is 5.16 Å². The second kappa shape index (κ2) is 4.19. The highest BCUT2D eigenvalue weighted by atomic mass is 19.2. The van der Waals surface area contributed by atoms with Crippen LogP contribution in [0.25, 0.3) is 23.1 Å². The minimum atomic E-state index is -1.60. The first-order valence-electron chi connectivity index (χ1n) is 5.00. The summed E-state index contributed by atoms with van der Waals surface area (Å²) in [7, 11) is 0. The first-order chi connectivity index (χ1) is 9.16. The van der Waals surface area contributed by atoms with Crippen molar-refractivity contribution in [2.75, 3.05) is 0 Å². The molecular weight excluding hydrogens is 263 g/mol. The lowest BCUT2D eigenvalue weighted by Gasteiger charge is -1.98. The molecule has 0 fully saturated rings. The molecule has 1 aromatic carbocycles. The van der Waals surface area contributed by atoms with Crippen LogP contribution in [0.3, 0.4) is 0 Å². The number of hydrogen-bond acceptors (Lipinski definition) is 5. The van der Waals surface area contributed by atoms with Gasteiger partial charge in [0.25, 0.3) is 5.89 Å². The van der Waals surface area contributed by atoms with Crippen LogP contribution in [0.15, 0.2) is 23.0 Å². The third-order valence-electron chi connectivity index (χ3n) is 2.32. The molecule has 0 amide bonds. The second-order valence-electron chi connectivity index (χ2n) is 3.48. The molecule has 3 rings (SSSR count). The van der Waals surface area contributed by atoms with E-state index in [1.807, 2.05) is 0 Å². The smallest absolute Gasteiger partial charge is 0.261 e. The monoisotopic (exact) mass is 267 g/mol. The third kappa shape index (κ3) is 1.84. The van der Waals surface area contributed by atoms with Gasteiger partial charge in [-0.15, -0.1) is 0 Å². The van der Waals surface area contributed by atoms with Crippen LogP contribution in [0.1, 0.15) is 0 Å². The lowest BCUT2D eigenvalue weighted by Crippen LogP contribution is -1.94. The van der Waals surface area contributed by atoms with Crippen molar-refractivity contribution in [3.8, 4) is 23.1 Å². The van der Waals surface area contributed by atoms with Crippen LogP contribution in [-0.2, 0) is 0 Å². The van der Waals surface area contributed by atoms with Crippen molar-refractivity contribution in [3.05, 3.63) is 35.9 Å². The molecule has 0 bridgehead atoms. The fourth-order valence-corrected chi connectivity index (χ4v) is 1.43. The van der Waals surface area contributed by atoms with Gasteiger partial charge in [-0.05, 0) is 12.1 Å². The Balaban J connectivity index is 2.07. The Kier molecular flexibility index (Phi) is 2.51. The summed E-state index contributed by atoms with van der Waals surface area (Å²) in [5, 5.41) is 9.59. The van der Waals surface area contributed by atoms with Crippen LogP contribution in [0.5, 0.6) is 0 Å². The van der Waals surface area contributed by atoms with Crippen molar-refractivity contribution in [1.82, 2.24) is 25.3 Å². The van der Waals surface area contributed by atoms with Crippen LogP contribution in [0.2, 0.25) is 0 Å². The van der Waals surface area contributed by atoms with Gasteiger partial charge in [0.05, 0.1) is 5.56 Å². The van der Waals surface area contributed by atoms with Crippen LogP contribution in [0.4, 0.5) is 13.2 Å². The maximum Gasteiger partial charge on any atom is 0.261 e. The van der Waals surface area contributed by atoms with Gasteiger partial charge in [0.2, 0.25) is 5.82 Å². The largest absolute Gasteiger partial charge is 0.333 e. The lowest BCUT2D eigenvalue weighted by molar-refractivity contribution is 0.420. The number of hydrogen-bond donors (Lipinski definition) is 1. The minimum Gasteiger partial charge on any atom is -0.333 e. The van der Waals surface area contributed by atoms with E-state index in [2.05, 4.69) is 25.3 Å². The quantitative estimate of drug-likeness (QED) is 0.717. The Bertz CT molecular complexity index is 725. The SMILES string of the molecule is Fc1ccc(-c2nc(-c3ncn[nH]3)no2)c(F)c1F. The number of aromatic amines is 1. The molecule has 1 N–H and O–H groups in total. The van der Waals surface area contributed by atoms with E-state index in [1.165, 1.54) is 6.33 Å². The Hall–Kier alpha value is -2.71. The molecule has 0 aliphatic carbocycles. The summed E-state index contributed by atoms with van der Waals surface area (Å²) in [6.45, 7) is 0. The highest BCUT2D eigenvalue weighted by molar-refractivity contribution is 5.56. The highest BCUT2D eigenvalue weighted by Crippen LogP contribution is 2.25. The zero-order valence-electron chi connectivity index (χ0n) is 9.06. The van der Waals surface area contributed by atoms with Crippen molar-refractivity contribution in [3.63, 3.8) is 0 Å². The van der Waals surface area contributed by atoms with Gasteiger partial charge in [-0.2, -0.15) is 10.1 Å². The minimum absolute atomic E-state index is 0.0247. The zero-order chi connectivity index (χ0) is 13.4. The van der Waals surface area contributed by atoms with Crippen molar-refractivity contribution < 1.29 is 17.7 Å². The van der Waals surface area contributed by atoms with E-state index in [4.69, 9.17) is 4.52 Å². The zero-order valence-corrected chi connectivity index (χ0v) is 9.06. The number of halogens is 3.